The van der Waals surface area contributed by atoms with E-state index in [-0.39, 0.29) is 5.78 Å². The molecule has 1 rings (SSSR count). The Bertz CT molecular complexity index is 246. The molecule has 0 spiro atoms. The lowest BCUT2D eigenvalue weighted by Crippen LogP contribution is -2.05. The summed E-state index contributed by atoms with van der Waals surface area (Å²) >= 11 is 0. The minimum absolute atomic E-state index is 0.289. The van der Waals surface area contributed by atoms with Gasteiger partial charge in [-0.1, -0.05) is 46.0 Å². The first-order valence-corrected chi connectivity index (χ1v) is 8.13. The summed E-state index contributed by atoms with van der Waals surface area (Å²) in [5.41, 5.74) is 0. The Morgan fingerprint density at radius 2 is 1.79 bits per heavy atom. The minimum atomic E-state index is 0.289. The van der Waals surface area contributed by atoms with Crippen molar-refractivity contribution in [2.24, 2.45) is 5.92 Å². The number of carbonyl (C=O) groups is 2. The van der Waals surface area contributed by atoms with E-state index in [1.165, 1.54) is 44.9 Å². The molecular weight excluding hydrogens is 236 g/mol. The summed E-state index contributed by atoms with van der Waals surface area (Å²) in [6, 6.07) is 0. The van der Waals surface area contributed by atoms with Gasteiger partial charge in [-0.2, -0.15) is 0 Å². The van der Waals surface area contributed by atoms with Gasteiger partial charge in [0.25, 0.3) is 0 Å². The van der Waals surface area contributed by atoms with Gasteiger partial charge < -0.3 is 4.79 Å². The molecule has 1 aliphatic carbocycles. The Kier molecular flexibility index (Phi) is 11.9. The number of Topliss-reactive ketones (excluding diaryl/α,β-unsaturated/α-hetero) is 2. The fraction of sp³-hybridized carbons (Fsp3) is 0.882. The van der Waals surface area contributed by atoms with Crippen LogP contribution in [0.5, 0.6) is 0 Å². The molecule has 0 aromatic rings. The predicted octanol–water partition coefficient (Wildman–Crippen LogP) is 5.09. The van der Waals surface area contributed by atoms with Crippen molar-refractivity contribution in [2.45, 2.75) is 91.4 Å². The third-order valence-electron chi connectivity index (χ3n) is 3.69. The predicted molar refractivity (Wildman–Crippen MR) is 81.3 cm³/mol. The molecule has 1 saturated carbocycles. The Balaban J connectivity index is 0.000000459. The summed E-state index contributed by atoms with van der Waals surface area (Å²) in [5, 5.41) is 0. The van der Waals surface area contributed by atoms with Crippen molar-refractivity contribution in [2.75, 3.05) is 0 Å². The zero-order valence-electron chi connectivity index (χ0n) is 13.2. The van der Waals surface area contributed by atoms with Crippen LogP contribution in [0.4, 0.5) is 0 Å². The van der Waals surface area contributed by atoms with Crippen molar-refractivity contribution >= 4 is 11.6 Å². The molecule has 0 aliphatic heterocycles. The SMILES string of the molecule is CCCC(C)=O.CCCCCCCC1CCCC1=O. The summed E-state index contributed by atoms with van der Waals surface area (Å²) in [7, 11) is 0. The number of hydrogen-bond acceptors (Lipinski definition) is 2. The molecule has 2 heteroatoms. The molecule has 0 aromatic carbocycles. The maximum absolute atomic E-state index is 11.3. The van der Waals surface area contributed by atoms with Gasteiger partial charge in [-0.15, -0.1) is 0 Å². The third kappa shape index (κ3) is 10.9. The highest BCUT2D eigenvalue weighted by Gasteiger charge is 2.23. The van der Waals surface area contributed by atoms with E-state index in [4.69, 9.17) is 0 Å². The molecule has 0 amide bonds. The second-order valence-corrected chi connectivity index (χ2v) is 5.71. The van der Waals surface area contributed by atoms with Crippen LogP contribution in [0, 0.1) is 5.92 Å². The van der Waals surface area contributed by atoms with Crippen molar-refractivity contribution < 1.29 is 9.59 Å². The van der Waals surface area contributed by atoms with Gasteiger partial charge in [0.15, 0.2) is 0 Å². The van der Waals surface area contributed by atoms with Crippen LogP contribution in [0.2, 0.25) is 0 Å². The van der Waals surface area contributed by atoms with E-state index >= 15 is 0 Å². The normalized spacial score (nSPS) is 18.1. The average molecular weight is 268 g/mol. The van der Waals surface area contributed by atoms with Gasteiger partial charge in [0.2, 0.25) is 0 Å². The highest BCUT2D eigenvalue weighted by atomic mass is 16.1. The van der Waals surface area contributed by atoms with Crippen molar-refractivity contribution in [3.8, 4) is 0 Å². The lowest BCUT2D eigenvalue weighted by molar-refractivity contribution is -0.121. The highest BCUT2D eigenvalue weighted by molar-refractivity contribution is 5.82. The second-order valence-electron chi connectivity index (χ2n) is 5.71. The number of ketones is 2. The van der Waals surface area contributed by atoms with E-state index in [0.29, 0.717) is 11.7 Å². The van der Waals surface area contributed by atoms with Crippen LogP contribution < -0.4 is 0 Å². The first-order valence-electron chi connectivity index (χ1n) is 8.13. The summed E-state index contributed by atoms with van der Waals surface area (Å²) in [5.74, 6) is 1.27. The Morgan fingerprint density at radius 3 is 2.21 bits per heavy atom. The van der Waals surface area contributed by atoms with E-state index in [0.717, 1.165) is 25.7 Å². The molecule has 0 saturated heterocycles. The largest absolute Gasteiger partial charge is 0.300 e. The molecule has 0 aromatic heterocycles. The fourth-order valence-electron chi connectivity index (χ4n) is 2.54. The summed E-state index contributed by atoms with van der Waals surface area (Å²) < 4.78 is 0. The second kappa shape index (κ2) is 12.4. The third-order valence-corrected chi connectivity index (χ3v) is 3.69. The number of rotatable bonds is 8. The highest BCUT2D eigenvalue weighted by Crippen LogP contribution is 2.26. The molecule has 2 nitrogen and oxygen atoms in total. The van der Waals surface area contributed by atoms with Crippen LogP contribution in [0.1, 0.15) is 91.4 Å². The molecule has 0 N–H and O–H groups in total. The van der Waals surface area contributed by atoms with Gasteiger partial charge in [0.05, 0.1) is 0 Å². The lowest BCUT2D eigenvalue weighted by Gasteiger charge is -2.06. The van der Waals surface area contributed by atoms with E-state index in [9.17, 15) is 9.59 Å². The summed E-state index contributed by atoms with van der Waals surface area (Å²) in [6.45, 7) is 5.85. The fourth-order valence-corrected chi connectivity index (χ4v) is 2.54. The van der Waals surface area contributed by atoms with Crippen molar-refractivity contribution in [3.05, 3.63) is 0 Å². The van der Waals surface area contributed by atoms with Gasteiger partial charge in [-0.25, -0.2) is 0 Å². The quantitative estimate of drug-likeness (QED) is 0.574. The molecule has 1 atom stereocenters. The molecule has 19 heavy (non-hydrogen) atoms. The van der Waals surface area contributed by atoms with Gasteiger partial charge in [-0.05, 0) is 32.6 Å². The zero-order valence-corrected chi connectivity index (χ0v) is 13.2. The van der Waals surface area contributed by atoms with Crippen LogP contribution >= 0.6 is 0 Å². The topological polar surface area (TPSA) is 34.1 Å². The Morgan fingerprint density at radius 1 is 1.11 bits per heavy atom. The summed E-state index contributed by atoms with van der Waals surface area (Å²) in [6.07, 6.45) is 12.7. The molecular formula is C17H32O2. The van der Waals surface area contributed by atoms with Crippen LogP contribution in [0.3, 0.4) is 0 Å². The van der Waals surface area contributed by atoms with Gasteiger partial charge >= 0.3 is 0 Å². The first-order chi connectivity index (χ1) is 9.11. The smallest absolute Gasteiger partial charge is 0.135 e. The van der Waals surface area contributed by atoms with E-state index in [1.807, 2.05) is 6.92 Å². The maximum atomic E-state index is 11.3. The van der Waals surface area contributed by atoms with E-state index in [2.05, 4.69) is 6.92 Å². The average Bonchev–Trinajstić information content (AvgIpc) is 2.75. The number of carbonyl (C=O) groups excluding carboxylic acids is 2. The van der Waals surface area contributed by atoms with Crippen LogP contribution in [-0.2, 0) is 9.59 Å². The van der Waals surface area contributed by atoms with Crippen molar-refractivity contribution in [1.82, 2.24) is 0 Å². The van der Waals surface area contributed by atoms with Crippen molar-refractivity contribution in [3.63, 3.8) is 0 Å². The molecule has 0 radical (unpaired) electrons. The minimum Gasteiger partial charge on any atom is -0.300 e. The molecule has 0 heterocycles. The van der Waals surface area contributed by atoms with Gasteiger partial charge in [0.1, 0.15) is 11.6 Å². The zero-order chi connectivity index (χ0) is 14.5. The van der Waals surface area contributed by atoms with Crippen LogP contribution in [0.15, 0.2) is 0 Å². The molecule has 112 valence electrons. The molecule has 1 aliphatic rings. The standard InChI is InChI=1S/C12H22O.C5H10O/c1-2-3-4-5-6-8-11-9-7-10-12(11)13;1-3-4-5(2)6/h11H,2-10H2,1H3;3-4H2,1-2H3. The van der Waals surface area contributed by atoms with Gasteiger partial charge in [0, 0.05) is 18.8 Å². The number of hydrogen-bond donors (Lipinski definition) is 0. The lowest BCUT2D eigenvalue weighted by atomic mass is 9.98. The van der Waals surface area contributed by atoms with E-state index < -0.39 is 0 Å². The van der Waals surface area contributed by atoms with Crippen LogP contribution in [-0.4, -0.2) is 11.6 Å². The molecule has 0 bridgehead atoms. The monoisotopic (exact) mass is 268 g/mol. The first kappa shape index (κ1) is 18.3. The van der Waals surface area contributed by atoms with Crippen LogP contribution in [0.25, 0.3) is 0 Å². The Hall–Kier alpha value is -0.660. The van der Waals surface area contributed by atoms with Crippen molar-refractivity contribution in [1.29, 1.82) is 0 Å². The maximum Gasteiger partial charge on any atom is 0.135 e. The van der Waals surface area contributed by atoms with E-state index in [1.54, 1.807) is 6.92 Å². The Labute approximate surface area is 119 Å². The molecule has 1 unspecified atom stereocenters. The van der Waals surface area contributed by atoms with Gasteiger partial charge in [-0.3, -0.25) is 4.79 Å². The number of unbranched alkanes of at least 4 members (excludes halogenated alkanes) is 4. The summed E-state index contributed by atoms with van der Waals surface area (Å²) in [4.78, 5) is 21.3. The molecule has 1 fully saturated rings.